The highest BCUT2D eigenvalue weighted by Gasteiger charge is 2.26. The van der Waals surface area contributed by atoms with Gasteiger partial charge < -0.3 is 15.8 Å². The summed E-state index contributed by atoms with van der Waals surface area (Å²) in [5, 5.41) is 12.8. The first-order valence-corrected chi connectivity index (χ1v) is 9.62. The van der Waals surface area contributed by atoms with E-state index >= 15 is 0 Å². The van der Waals surface area contributed by atoms with Crippen LogP contribution in [-0.4, -0.2) is 18.0 Å². The third kappa shape index (κ3) is 4.12. The summed E-state index contributed by atoms with van der Waals surface area (Å²) < 4.78 is 5.23. The standard InChI is InChI=1S/C20H21N3O3S/c1-11-6-7-15-16(10-21)19(27-17(15)8-11)23-18(24)12(2)26-20(25)13-4-3-5-14(22)9-13/h3-5,9,11-12H,6-8,22H2,1-2H3,(H,23,24). The molecule has 0 spiro atoms. The molecule has 0 fully saturated rings. The van der Waals surface area contributed by atoms with Crippen LogP contribution >= 0.6 is 11.3 Å². The smallest absolute Gasteiger partial charge is 0.338 e. The van der Waals surface area contributed by atoms with E-state index in [4.69, 9.17) is 10.5 Å². The Bertz CT molecular complexity index is 929. The largest absolute Gasteiger partial charge is 0.449 e. The van der Waals surface area contributed by atoms with E-state index in [1.807, 2.05) is 0 Å². The third-order valence-electron chi connectivity index (χ3n) is 4.64. The zero-order valence-electron chi connectivity index (χ0n) is 15.2. The summed E-state index contributed by atoms with van der Waals surface area (Å²) in [5.41, 5.74) is 7.96. The number of esters is 1. The Morgan fingerprint density at radius 1 is 1.44 bits per heavy atom. The van der Waals surface area contributed by atoms with Crippen LogP contribution in [0.25, 0.3) is 0 Å². The fourth-order valence-corrected chi connectivity index (χ4v) is 4.48. The lowest BCUT2D eigenvalue weighted by molar-refractivity contribution is -0.123. The first-order chi connectivity index (χ1) is 12.9. The van der Waals surface area contributed by atoms with Gasteiger partial charge in [-0.3, -0.25) is 4.79 Å². The van der Waals surface area contributed by atoms with E-state index < -0.39 is 18.0 Å². The van der Waals surface area contributed by atoms with Crippen molar-refractivity contribution in [1.82, 2.24) is 0 Å². The molecule has 6 nitrogen and oxygen atoms in total. The molecule has 1 aromatic heterocycles. The highest BCUT2D eigenvalue weighted by molar-refractivity contribution is 7.16. The van der Waals surface area contributed by atoms with Gasteiger partial charge >= 0.3 is 5.97 Å². The van der Waals surface area contributed by atoms with Gasteiger partial charge in [-0.15, -0.1) is 11.3 Å². The van der Waals surface area contributed by atoms with E-state index in [-0.39, 0.29) is 5.56 Å². The molecule has 2 atom stereocenters. The number of nitriles is 1. The van der Waals surface area contributed by atoms with Gasteiger partial charge in [0.1, 0.15) is 11.1 Å². The zero-order valence-corrected chi connectivity index (χ0v) is 16.1. The van der Waals surface area contributed by atoms with Crippen molar-refractivity contribution in [2.75, 3.05) is 11.1 Å². The van der Waals surface area contributed by atoms with Crippen LogP contribution in [0.3, 0.4) is 0 Å². The number of hydrogen-bond donors (Lipinski definition) is 2. The van der Waals surface area contributed by atoms with Gasteiger partial charge in [-0.2, -0.15) is 5.26 Å². The monoisotopic (exact) mass is 383 g/mol. The predicted molar refractivity (Wildman–Crippen MR) is 105 cm³/mol. The lowest BCUT2D eigenvalue weighted by Gasteiger charge is -2.17. The van der Waals surface area contributed by atoms with Crippen molar-refractivity contribution in [3.63, 3.8) is 0 Å². The van der Waals surface area contributed by atoms with Crippen molar-refractivity contribution in [3.05, 3.63) is 45.8 Å². The molecule has 0 bridgehead atoms. The molecule has 1 aliphatic carbocycles. The molecule has 2 aromatic rings. The normalized spacial score (nSPS) is 16.7. The number of nitrogens with zero attached hydrogens (tertiary/aromatic N) is 1. The van der Waals surface area contributed by atoms with Gasteiger partial charge in [0.15, 0.2) is 6.10 Å². The van der Waals surface area contributed by atoms with Crippen LogP contribution < -0.4 is 11.1 Å². The van der Waals surface area contributed by atoms with Gasteiger partial charge in [0, 0.05) is 10.6 Å². The SMILES string of the molecule is CC1CCc2c(sc(NC(=O)C(C)OC(=O)c3cccc(N)c3)c2C#N)C1. The number of carbonyl (C=O) groups is 2. The maximum atomic E-state index is 12.5. The molecule has 27 heavy (non-hydrogen) atoms. The second kappa shape index (κ2) is 7.80. The zero-order chi connectivity index (χ0) is 19.6. The summed E-state index contributed by atoms with van der Waals surface area (Å²) in [6, 6.07) is 8.59. The molecule has 1 aromatic carbocycles. The third-order valence-corrected chi connectivity index (χ3v) is 5.81. The summed E-state index contributed by atoms with van der Waals surface area (Å²) >= 11 is 1.44. The summed E-state index contributed by atoms with van der Waals surface area (Å²) in [7, 11) is 0. The summed E-state index contributed by atoms with van der Waals surface area (Å²) in [6.45, 7) is 3.69. The predicted octanol–water partition coefficient (Wildman–Crippen LogP) is 3.51. The Kier molecular flexibility index (Phi) is 5.47. The molecule has 7 heteroatoms. The number of nitrogens with two attached hydrogens (primary N) is 1. The molecular formula is C20H21N3O3S. The highest BCUT2D eigenvalue weighted by Crippen LogP contribution is 2.39. The number of nitrogens with one attached hydrogen (secondary N) is 1. The summed E-state index contributed by atoms with van der Waals surface area (Å²) in [6.07, 6.45) is 1.82. The number of anilines is 2. The van der Waals surface area contributed by atoms with Crippen molar-refractivity contribution < 1.29 is 14.3 Å². The highest BCUT2D eigenvalue weighted by atomic mass is 32.1. The van der Waals surface area contributed by atoms with E-state index in [0.29, 0.717) is 22.2 Å². The number of ether oxygens (including phenoxy) is 1. The Balaban J connectivity index is 1.70. The van der Waals surface area contributed by atoms with E-state index in [1.54, 1.807) is 18.2 Å². The molecule has 2 unspecified atom stereocenters. The lowest BCUT2D eigenvalue weighted by Crippen LogP contribution is -2.30. The topological polar surface area (TPSA) is 105 Å². The molecular weight excluding hydrogens is 362 g/mol. The number of rotatable bonds is 4. The molecule has 140 valence electrons. The van der Waals surface area contributed by atoms with Crippen molar-refractivity contribution in [1.29, 1.82) is 5.26 Å². The molecule has 3 rings (SSSR count). The molecule has 0 saturated heterocycles. The van der Waals surface area contributed by atoms with Crippen LogP contribution in [0.5, 0.6) is 0 Å². The van der Waals surface area contributed by atoms with E-state index in [0.717, 1.165) is 29.7 Å². The maximum Gasteiger partial charge on any atom is 0.338 e. The minimum atomic E-state index is -0.997. The van der Waals surface area contributed by atoms with Crippen molar-refractivity contribution in [2.24, 2.45) is 5.92 Å². The summed E-state index contributed by atoms with van der Waals surface area (Å²) in [4.78, 5) is 25.8. The number of benzene rings is 1. The second-order valence-corrected chi connectivity index (χ2v) is 7.94. The molecule has 0 aliphatic heterocycles. The molecule has 1 heterocycles. The minimum Gasteiger partial charge on any atom is -0.449 e. The van der Waals surface area contributed by atoms with Gasteiger partial charge in [-0.25, -0.2) is 4.79 Å². The fourth-order valence-electron chi connectivity index (χ4n) is 3.12. The average Bonchev–Trinajstić information content (AvgIpc) is 2.97. The number of nitrogen functional groups attached to an aromatic ring is 1. The molecule has 1 aliphatic rings. The van der Waals surface area contributed by atoms with Gasteiger partial charge in [0.05, 0.1) is 11.1 Å². The van der Waals surface area contributed by atoms with Crippen molar-refractivity contribution in [3.8, 4) is 6.07 Å². The average molecular weight is 383 g/mol. The first-order valence-electron chi connectivity index (χ1n) is 8.81. The minimum absolute atomic E-state index is 0.285. The van der Waals surface area contributed by atoms with Gasteiger partial charge in [-0.1, -0.05) is 13.0 Å². The van der Waals surface area contributed by atoms with Gasteiger partial charge in [0.2, 0.25) is 0 Å². The number of carbonyl (C=O) groups excluding carboxylic acids is 2. The second-order valence-electron chi connectivity index (χ2n) is 6.83. The first kappa shape index (κ1) is 18.9. The van der Waals surface area contributed by atoms with Crippen LogP contribution in [0.2, 0.25) is 0 Å². The molecule has 0 radical (unpaired) electrons. The quantitative estimate of drug-likeness (QED) is 0.621. The molecule has 0 saturated carbocycles. The number of fused-ring (bicyclic) bond motifs is 1. The Morgan fingerprint density at radius 2 is 2.22 bits per heavy atom. The van der Waals surface area contributed by atoms with Crippen molar-refractivity contribution in [2.45, 2.75) is 39.2 Å². The fraction of sp³-hybridized carbons (Fsp3) is 0.350. The Morgan fingerprint density at radius 3 is 2.93 bits per heavy atom. The summed E-state index contributed by atoms with van der Waals surface area (Å²) in [5.74, 6) is -0.510. The Labute approximate surface area is 161 Å². The van der Waals surface area contributed by atoms with Gasteiger partial charge in [-0.05, 0) is 55.9 Å². The van der Waals surface area contributed by atoms with Crippen LogP contribution in [0, 0.1) is 17.2 Å². The Hall–Kier alpha value is -2.85. The lowest BCUT2D eigenvalue weighted by atomic mass is 9.88. The van der Waals surface area contributed by atoms with E-state index in [1.165, 1.54) is 24.3 Å². The van der Waals surface area contributed by atoms with Crippen LogP contribution in [0.15, 0.2) is 24.3 Å². The number of thiophene rings is 1. The maximum absolute atomic E-state index is 12.5. The van der Waals surface area contributed by atoms with Crippen LogP contribution in [0.4, 0.5) is 10.7 Å². The van der Waals surface area contributed by atoms with Crippen LogP contribution in [0.1, 0.15) is 46.6 Å². The number of amides is 1. The van der Waals surface area contributed by atoms with E-state index in [9.17, 15) is 14.9 Å². The molecule has 3 N–H and O–H groups in total. The van der Waals surface area contributed by atoms with Crippen LogP contribution in [-0.2, 0) is 22.4 Å². The van der Waals surface area contributed by atoms with E-state index in [2.05, 4.69) is 18.3 Å². The van der Waals surface area contributed by atoms with Crippen molar-refractivity contribution >= 4 is 33.9 Å². The van der Waals surface area contributed by atoms with Gasteiger partial charge in [0.25, 0.3) is 5.91 Å². The number of hydrogen-bond acceptors (Lipinski definition) is 6. The molecule has 1 amide bonds.